The van der Waals surface area contributed by atoms with Crippen molar-refractivity contribution < 1.29 is 5.11 Å². The lowest BCUT2D eigenvalue weighted by molar-refractivity contribution is 0.230. The zero-order chi connectivity index (χ0) is 11.0. The summed E-state index contributed by atoms with van der Waals surface area (Å²) in [6, 6.07) is 0.541. The van der Waals surface area contributed by atoms with Gasteiger partial charge in [-0.1, -0.05) is 18.6 Å². The average molecular weight is 199 g/mol. The summed E-state index contributed by atoms with van der Waals surface area (Å²) in [5.41, 5.74) is 1.39. The van der Waals surface area contributed by atoms with Gasteiger partial charge < -0.3 is 10.4 Å². The van der Waals surface area contributed by atoms with E-state index >= 15 is 0 Å². The van der Waals surface area contributed by atoms with E-state index in [2.05, 4.69) is 39.1 Å². The van der Waals surface area contributed by atoms with Crippen LogP contribution in [0.2, 0.25) is 0 Å². The fraction of sp³-hybridized carbons (Fsp3) is 0.833. The third kappa shape index (κ3) is 8.27. The van der Waals surface area contributed by atoms with E-state index in [1.54, 1.807) is 0 Å². The van der Waals surface area contributed by atoms with Crippen molar-refractivity contribution in [2.45, 2.75) is 46.6 Å². The minimum atomic E-state index is 0.272. The van der Waals surface area contributed by atoms with E-state index in [1.807, 2.05) is 0 Å². The summed E-state index contributed by atoms with van der Waals surface area (Å²) in [6.45, 7) is 9.69. The van der Waals surface area contributed by atoms with Crippen molar-refractivity contribution in [1.29, 1.82) is 0 Å². The highest BCUT2D eigenvalue weighted by Gasteiger charge is 2.03. The van der Waals surface area contributed by atoms with Crippen LogP contribution in [0.4, 0.5) is 0 Å². The van der Waals surface area contributed by atoms with Crippen LogP contribution in [0.3, 0.4) is 0 Å². The number of aliphatic hydroxyl groups is 1. The number of nitrogens with one attached hydrogen (secondary N) is 1. The van der Waals surface area contributed by atoms with Gasteiger partial charge in [0.1, 0.15) is 0 Å². The Morgan fingerprint density at radius 2 is 2.00 bits per heavy atom. The van der Waals surface area contributed by atoms with Gasteiger partial charge in [0.15, 0.2) is 0 Å². The highest BCUT2D eigenvalue weighted by atomic mass is 16.3. The Labute approximate surface area is 88.4 Å². The summed E-state index contributed by atoms with van der Waals surface area (Å²) in [5, 5.41) is 12.3. The molecule has 2 N–H and O–H groups in total. The molecule has 0 heterocycles. The van der Waals surface area contributed by atoms with Gasteiger partial charge in [0.2, 0.25) is 0 Å². The maximum absolute atomic E-state index is 8.85. The molecule has 84 valence electrons. The first kappa shape index (κ1) is 13.7. The highest BCUT2D eigenvalue weighted by Crippen LogP contribution is 2.01. The second-order valence-corrected chi connectivity index (χ2v) is 4.46. The summed E-state index contributed by atoms with van der Waals surface area (Å²) >= 11 is 0. The van der Waals surface area contributed by atoms with Crippen LogP contribution >= 0.6 is 0 Å². The SMILES string of the molecule is CC(C)=CCCC(C)NCC(C)CO. The van der Waals surface area contributed by atoms with Crippen LogP contribution in [0.1, 0.15) is 40.5 Å². The van der Waals surface area contributed by atoms with Gasteiger partial charge in [0, 0.05) is 19.2 Å². The molecule has 0 aromatic rings. The third-order valence-corrected chi connectivity index (χ3v) is 2.28. The maximum Gasteiger partial charge on any atom is 0.0468 e. The highest BCUT2D eigenvalue weighted by molar-refractivity contribution is 4.93. The Kier molecular flexibility index (Phi) is 7.81. The fourth-order valence-corrected chi connectivity index (χ4v) is 1.19. The molecule has 0 spiro atoms. The quantitative estimate of drug-likeness (QED) is 0.617. The van der Waals surface area contributed by atoms with Crippen LogP contribution < -0.4 is 5.32 Å². The van der Waals surface area contributed by atoms with Crippen molar-refractivity contribution in [2.75, 3.05) is 13.2 Å². The monoisotopic (exact) mass is 199 g/mol. The largest absolute Gasteiger partial charge is 0.396 e. The number of hydrogen-bond donors (Lipinski definition) is 2. The number of hydrogen-bond acceptors (Lipinski definition) is 2. The summed E-state index contributed by atoms with van der Waals surface area (Å²) < 4.78 is 0. The number of allylic oxidation sites excluding steroid dienone is 2. The number of aliphatic hydroxyl groups excluding tert-OH is 1. The average Bonchev–Trinajstić information content (AvgIpc) is 2.13. The van der Waals surface area contributed by atoms with Crippen LogP contribution in [-0.2, 0) is 0 Å². The van der Waals surface area contributed by atoms with Crippen molar-refractivity contribution in [3.05, 3.63) is 11.6 Å². The molecule has 0 aliphatic rings. The molecule has 0 aliphatic carbocycles. The first-order chi connectivity index (χ1) is 6.56. The summed E-state index contributed by atoms with van der Waals surface area (Å²) in [7, 11) is 0. The molecule has 2 heteroatoms. The summed E-state index contributed by atoms with van der Waals surface area (Å²) in [6.07, 6.45) is 4.58. The van der Waals surface area contributed by atoms with Gasteiger partial charge in [0.05, 0.1) is 0 Å². The van der Waals surface area contributed by atoms with Gasteiger partial charge in [-0.15, -0.1) is 0 Å². The van der Waals surface area contributed by atoms with E-state index in [1.165, 1.54) is 12.0 Å². The molecular weight excluding hydrogens is 174 g/mol. The fourth-order valence-electron chi connectivity index (χ4n) is 1.19. The van der Waals surface area contributed by atoms with Crippen molar-refractivity contribution in [1.82, 2.24) is 5.32 Å². The van der Waals surface area contributed by atoms with E-state index in [0.717, 1.165) is 13.0 Å². The molecule has 0 radical (unpaired) electrons. The van der Waals surface area contributed by atoms with Gasteiger partial charge in [-0.05, 0) is 39.5 Å². The Balaban J connectivity index is 3.46. The molecule has 0 aromatic heterocycles. The van der Waals surface area contributed by atoms with Gasteiger partial charge in [-0.2, -0.15) is 0 Å². The molecule has 2 nitrogen and oxygen atoms in total. The predicted octanol–water partition coefficient (Wildman–Crippen LogP) is 2.34. The lowest BCUT2D eigenvalue weighted by Gasteiger charge is -2.15. The van der Waals surface area contributed by atoms with Gasteiger partial charge in [0.25, 0.3) is 0 Å². The molecular formula is C12H25NO. The van der Waals surface area contributed by atoms with E-state index in [-0.39, 0.29) is 6.61 Å². The third-order valence-electron chi connectivity index (χ3n) is 2.28. The zero-order valence-corrected chi connectivity index (χ0v) is 10.0. The lowest BCUT2D eigenvalue weighted by atomic mass is 10.1. The standard InChI is InChI=1S/C12H25NO/c1-10(2)6-5-7-12(4)13-8-11(3)9-14/h6,11-14H,5,7-9H2,1-4H3. The smallest absolute Gasteiger partial charge is 0.0468 e. The van der Waals surface area contributed by atoms with Gasteiger partial charge in [-0.25, -0.2) is 0 Å². The molecule has 0 rings (SSSR count). The maximum atomic E-state index is 8.85. The van der Waals surface area contributed by atoms with Crippen LogP contribution in [0.15, 0.2) is 11.6 Å². The van der Waals surface area contributed by atoms with Crippen molar-refractivity contribution in [3.63, 3.8) is 0 Å². The van der Waals surface area contributed by atoms with E-state index in [0.29, 0.717) is 12.0 Å². The lowest BCUT2D eigenvalue weighted by Crippen LogP contribution is -2.31. The van der Waals surface area contributed by atoms with E-state index < -0.39 is 0 Å². The normalized spacial score (nSPS) is 14.9. The molecule has 2 atom stereocenters. The van der Waals surface area contributed by atoms with Gasteiger partial charge >= 0.3 is 0 Å². The molecule has 0 bridgehead atoms. The van der Waals surface area contributed by atoms with E-state index in [4.69, 9.17) is 5.11 Å². The minimum Gasteiger partial charge on any atom is -0.396 e. The molecule has 0 saturated heterocycles. The van der Waals surface area contributed by atoms with Crippen LogP contribution in [0, 0.1) is 5.92 Å². The molecule has 0 aromatic carbocycles. The van der Waals surface area contributed by atoms with Gasteiger partial charge in [-0.3, -0.25) is 0 Å². The minimum absolute atomic E-state index is 0.272. The molecule has 0 fully saturated rings. The summed E-state index contributed by atoms with van der Waals surface area (Å²) in [5.74, 6) is 0.362. The molecule has 0 aliphatic heterocycles. The number of rotatable bonds is 7. The van der Waals surface area contributed by atoms with Crippen molar-refractivity contribution in [3.8, 4) is 0 Å². The Bertz CT molecular complexity index is 162. The van der Waals surface area contributed by atoms with Crippen molar-refractivity contribution in [2.24, 2.45) is 5.92 Å². The predicted molar refractivity (Wildman–Crippen MR) is 62.4 cm³/mol. The summed E-state index contributed by atoms with van der Waals surface area (Å²) in [4.78, 5) is 0. The van der Waals surface area contributed by atoms with Crippen LogP contribution in [0.5, 0.6) is 0 Å². The molecule has 2 unspecified atom stereocenters. The molecule has 14 heavy (non-hydrogen) atoms. The van der Waals surface area contributed by atoms with Crippen molar-refractivity contribution >= 4 is 0 Å². The first-order valence-corrected chi connectivity index (χ1v) is 5.53. The Morgan fingerprint density at radius 3 is 2.50 bits per heavy atom. The second-order valence-electron chi connectivity index (χ2n) is 4.46. The molecule has 0 saturated carbocycles. The van der Waals surface area contributed by atoms with Crippen LogP contribution in [-0.4, -0.2) is 24.3 Å². The van der Waals surface area contributed by atoms with E-state index in [9.17, 15) is 0 Å². The second kappa shape index (κ2) is 8.01. The topological polar surface area (TPSA) is 32.3 Å². The Hall–Kier alpha value is -0.340. The van der Waals surface area contributed by atoms with Crippen LogP contribution in [0.25, 0.3) is 0 Å². The Morgan fingerprint density at radius 1 is 1.36 bits per heavy atom. The molecule has 0 amide bonds. The zero-order valence-electron chi connectivity index (χ0n) is 10.0. The first-order valence-electron chi connectivity index (χ1n) is 5.53.